The monoisotopic (exact) mass is 270 g/mol. The lowest BCUT2D eigenvalue weighted by molar-refractivity contribution is -0.0498. The second-order valence-corrected chi connectivity index (χ2v) is 4.56. The predicted molar refractivity (Wildman–Crippen MR) is 66.2 cm³/mol. The molecule has 0 radical (unpaired) electrons. The average molecular weight is 270 g/mol. The number of halogens is 2. The molecule has 0 aromatic heterocycles. The number of alkyl halides is 2. The largest absolute Gasteiger partial charge is 0.435 e. The quantitative estimate of drug-likeness (QED) is 0.912. The number of amides is 1. The van der Waals surface area contributed by atoms with Crippen LogP contribution in [0.5, 0.6) is 5.75 Å². The highest BCUT2D eigenvalue weighted by molar-refractivity contribution is 5.94. The van der Waals surface area contributed by atoms with E-state index in [0.29, 0.717) is 18.7 Å². The molecular formula is C13H16F2N2O2. The first kappa shape index (κ1) is 13.7. The molecule has 104 valence electrons. The van der Waals surface area contributed by atoms with Gasteiger partial charge >= 0.3 is 6.61 Å². The van der Waals surface area contributed by atoms with E-state index < -0.39 is 6.61 Å². The number of hydrogen-bond donors (Lipinski definition) is 1. The highest BCUT2D eigenvalue weighted by atomic mass is 19.3. The molecule has 1 fully saturated rings. The third kappa shape index (κ3) is 3.64. The molecule has 0 bridgehead atoms. The number of carbonyl (C=O) groups is 1. The zero-order valence-electron chi connectivity index (χ0n) is 10.4. The number of rotatable bonds is 3. The highest BCUT2D eigenvalue weighted by Crippen LogP contribution is 2.17. The smallest absolute Gasteiger partial charge is 0.387 e. The Balaban J connectivity index is 2.02. The summed E-state index contributed by atoms with van der Waals surface area (Å²) in [6, 6.07) is 5.71. The van der Waals surface area contributed by atoms with E-state index in [4.69, 9.17) is 5.73 Å². The molecule has 0 saturated carbocycles. The molecule has 1 amide bonds. The van der Waals surface area contributed by atoms with Gasteiger partial charge in [0.15, 0.2) is 0 Å². The molecule has 1 aliphatic rings. The summed E-state index contributed by atoms with van der Waals surface area (Å²) in [5, 5.41) is 0. The fourth-order valence-corrected chi connectivity index (χ4v) is 2.16. The molecule has 0 aliphatic carbocycles. The molecule has 2 rings (SSSR count). The summed E-state index contributed by atoms with van der Waals surface area (Å²) in [6.45, 7) is -1.64. The van der Waals surface area contributed by atoms with Gasteiger partial charge in [-0.3, -0.25) is 4.79 Å². The van der Waals surface area contributed by atoms with Gasteiger partial charge in [-0.05, 0) is 37.1 Å². The number of nitrogens with zero attached hydrogens (tertiary/aromatic N) is 1. The minimum absolute atomic E-state index is 0.0131. The molecule has 1 atom stereocenters. The van der Waals surface area contributed by atoms with E-state index in [0.717, 1.165) is 12.8 Å². The summed E-state index contributed by atoms with van der Waals surface area (Å²) in [7, 11) is 0. The van der Waals surface area contributed by atoms with E-state index in [2.05, 4.69) is 4.74 Å². The summed E-state index contributed by atoms with van der Waals surface area (Å²) < 4.78 is 28.2. The standard InChI is InChI=1S/C13H16F2N2O2/c14-13(15)19-11-5-3-9(4-6-11)12(18)17-7-1-2-10(16)8-17/h3-6,10,13H,1-2,7-8,16H2/t10-/m1/s1. The van der Waals surface area contributed by atoms with Crippen molar-refractivity contribution in [2.24, 2.45) is 5.73 Å². The Bertz CT molecular complexity index is 437. The summed E-state index contributed by atoms with van der Waals surface area (Å²) in [5.74, 6) is -0.0827. The molecule has 0 unspecified atom stereocenters. The van der Waals surface area contributed by atoms with Crippen LogP contribution in [0.15, 0.2) is 24.3 Å². The van der Waals surface area contributed by atoms with Gasteiger partial charge in [-0.1, -0.05) is 0 Å². The fraction of sp³-hybridized carbons (Fsp3) is 0.462. The molecular weight excluding hydrogens is 254 g/mol. The van der Waals surface area contributed by atoms with E-state index in [1.165, 1.54) is 24.3 Å². The maximum atomic E-state index is 12.2. The van der Waals surface area contributed by atoms with Crippen LogP contribution in [0.2, 0.25) is 0 Å². The summed E-state index contributed by atoms with van der Waals surface area (Å²) in [4.78, 5) is 13.9. The van der Waals surface area contributed by atoms with Gasteiger partial charge in [-0.15, -0.1) is 0 Å². The van der Waals surface area contributed by atoms with Gasteiger partial charge in [-0.25, -0.2) is 0 Å². The maximum absolute atomic E-state index is 12.2. The summed E-state index contributed by atoms with van der Waals surface area (Å²) in [5.41, 5.74) is 6.28. The third-order valence-corrected chi connectivity index (χ3v) is 3.07. The third-order valence-electron chi connectivity index (χ3n) is 3.07. The van der Waals surface area contributed by atoms with Crippen LogP contribution in [0.1, 0.15) is 23.2 Å². The molecule has 4 nitrogen and oxygen atoms in total. The van der Waals surface area contributed by atoms with Crippen LogP contribution in [0.4, 0.5) is 8.78 Å². The molecule has 0 spiro atoms. The van der Waals surface area contributed by atoms with Gasteiger partial charge in [0.2, 0.25) is 0 Å². The highest BCUT2D eigenvalue weighted by Gasteiger charge is 2.22. The molecule has 1 heterocycles. The maximum Gasteiger partial charge on any atom is 0.387 e. The van der Waals surface area contributed by atoms with Crippen molar-refractivity contribution >= 4 is 5.91 Å². The van der Waals surface area contributed by atoms with Gasteiger partial charge in [0.05, 0.1) is 0 Å². The number of likely N-dealkylation sites (tertiary alicyclic amines) is 1. The SMILES string of the molecule is N[C@@H]1CCCN(C(=O)c2ccc(OC(F)F)cc2)C1. The van der Waals surface area contributed by atoms with Crippen LogP contribution in [0.3, 0.4) is 0 Å². The number of hydrogen-bond acceptors (Lipinski definition) is 3. The zero-order valence-corrected chi connectivity index (χ0v) is 10.4. The lowest BCUT2D eigenvalue weighted by Gasteiger charge is -2.30. The van der Waals surface area contributed by atoms with E-state index in [-0.39, 0.29) is 17.7 Å². The first-order chi connectivity index (χ1) is 9.06. The van der Waals surface area contributed by atoms with Crippen molar-refractivity contribution in [3.63, 3.8) is 0 Å². The lowest BCUT2D eigenvalue weighted by Crippen LogP contribution is -2.45. The molecule has 2 N–H and O–H groups in total. The van der Waals surface area contributed by atoms with Gasteiger partial charge in [0.25, 0.3) is 5.91 Å². The van der Waals surface area contributed by atoms with Gasteiger partial charge < -0.3 is 15.4 Å². The Morgan fingerprint density at radius 1 is 1.37 bits per heavy atom. The molecule has 1 saturated heterocycles. The summed E-state index contributed by atoms with van der Waals surface area (Å²) >= 11 is 0. The van der Waals surface area contributed by atoms with Crippen LogP contribution in [0, 0.1) is 0 Å². The zero-order chi connectivity index (χ0) is 13.8. The first-order valence-corrected chi connectivity index (χ1v) is 6.16. The van der Waals surface area contributed by atoms with Crippen molar-refractivity contribution in [1.29, 1.82) is 0 Å². The fourth-order valence-electron chi connectivity index (χ4n) is 2.16. The lowest BCUT2D eigenvalue weighted by atomic mass is 10.1. The van der Waals surface area contributed by atoms with E-state index in [1.54, 1.807) is 4.90 Å². The van der Waals surface area contributed by atoms with Crippen molar-refractivity contribution in [3.05, 3.63) is 29.8 Å². The average Bonchev–Trinajstić information content (AvgIpc) is 2.38. The Kier molecular flexibility index (Phi) is 4.31. The van der Waals surface area contributed by atoms with Crippen molar-refractivity contribution in [3.8, 4) is 5.75 Å². The van der Waals surface area contributed by atoms with Crippen LogP contribution >= 0.6 is 0 Å². The van der Waals surface area contributed by atoms with Crippen LogP contribution < -0.4 is 10.5 Å². The topological polar surface area (TPSA) is 55.6 Å². The number of piperidine rings is 1. The minimum atomic E-state index is -2.86. The molecule has 1 aromatic rings. The Labute approximate surface area is 110 Å². The Hall–Kier alpha value is -1.69. The van der Waals surface area contributed by atoms with Crippen molar-refractivity contribution in [2.45, 2.75) is 25.5 Å². The van der Waals surface area contributed by atoms with Crippen molar-refractivity contribution < 1.29 is 18.3 Å². The van der Waals surface area contributed by atoms with Crippen LogP contribution in [-0.4, -0.2) is 36.5 Å². The molecule has 19 heavy (non-hydrogen) atoms. The Morgan fingerprint density at radius 3 is 2.63 bits per heavy atom. The predicted octanol–water partition coefficient (Wildman–Crippen LogP) is 1.85. The van der Waals surface area contributed by atoms with E-state index >= 15 is 0 Å². The van der Waals surface area contributed by atoms with Gasteiger partial charge in [0.1, 0.15) is 5.75 Å². The van der Waals surface area contributed by atoms with Crippen molar-refractivity contribution in [1.82, 2.24) is 4.90 Å². The number of carbonyl (C=O) groups excluding carboxylic acids is 1. The number of benzene rings is 1. The van der Waals surface area contributed by atoms with Crippen molar-refractivity contribution in [2.75, 3.05) is 13.1 Å². The van der Waals surface area contributed by atoms with Gasteiger partial charge in [0, 0.05) is 24.7 Å². The van der Waals surface area contributed by atoms with Gasteiger partial charge in [-0.2, -0.15) is 8.78 Å². The summed E-state index contributed by atoms with van der Waals surface area (Å²) in [6.07, 6.45) is 1.81. The van der Waals surface area contributed by atoms with Crippen LogP contribution in [-0.2, 0) is 0 Å². The normalized spacial score (nSPS) is 19.6. The second-order valence-electron chi connectivity index (χ2n) is 4.56. The van der Waals surface area contributed by atoms with Crippen LogP contribution in [0.25, 0.3) is 0 Å². The molecule has 1 aliphatic heterocycles. The van der Waals surface area contributed by atoms with E-state index in [9.17, 15) is 13.6 Å². The molecule has 6 heteroatoms. The minimum Gasteiger partial charge on any atom is -0.435 e. The first-order valence-electron chi connectivity index (χ1n) is 6.16. The van der Waals surface area contributed by atoms with E-state index in [1.807, 2.05) is 0 Å². The number of nitrogens with two attached hydrogens (primary N) is 1. The second kappa shape index (κ2) is 5.97. The number of ether oxygens (including phenoxy) is 1. The Morgan fingerprint density at radius 2 is 2.05 bits per heavy atom. The molecule has 1 aromatic carbocycles.